The van der Waals surface area contributed by atoms with Crippen LogP contribution in [0.25, 0.3) is 0 Å². The Morgan fingerprint density at radius 1 is 0.917 bits per heavy atom. The highest BCUT2D eigenvalue weighted by atomic mass is 32.2. The summed E-state index contributed by atoms with van der Waals surface area (Å²) in [7, 11) is -8.02. The molecule has 10 heteroatoms. The van der Waals surface area contributed by atoms with Gasteiger partial charge in [0.05, 0.1) is 34.1 Å². The second kappa shape index (κ2) is 18.6. The van der Waals surface area contributed by atoms with Crippen LogP contribution in [0, 0.1) is 23.2 Å². The van der Waals surface area contributed by atoms with Gasteiger partial charge in [0.2, 0.25) is 0 Å². The average molecular weight is 885 g/mol. The van der Waals surface area contributed by atoms with Crippen LogP contribution in [-0.4, -0.2) is 72.2 Å². The van der Waals surface area contributed by atoms with Crippen molar-refractivity contribution in [1.82, 2.24) is 0 Å². The number of rotatable bonds is 14. The molecule has 0 amide bonds. The maximum atomic E-state index is 14.8. The predicted molar refractivity (Wildman–Crippen MR) is 253 cm³/mol. The fourth-order valence-corrected chi connectivity index (χ4v) is 15.4. The van der Waals surface area contributed by atoms with Crippen molar-refractivity contribution in [2.24, 2.45) is 23.2 Å². The first-order valence-electron chi connectivity index (χ1n) is 23.3. The molecule has 0 spiro atoms. The fraction of sp³-hybridized carbons (Fsp3) is 0.760. The van der Waals surface area contributed by atoms with E-state index in [9.17, 15) is 13.5 Å². The van der Waals surface area contributed by atoms with Crippen LogP contribution in [0.15, 0.2) is 70.7 Å². The molecule has 0 bridgehead atoms. The normalized spacial score (nSPS) is 30.6. The number of fused-ring (bicyclic) bond motifs is 1. The summed E-state index contributed by atoms with van der Waals surface area (Å²) in [6.45, 7) is 37.0. The number of aliphatic hydroxyl groups excluding tert-OH is 1. The molecule has 1 aromatic rings. The second-order valence-corrected chi connectivity index (χ2v) is 34.6. The molecule has 340 valence electrons. The summed E-state index contributed by atoms with van der Waals surface area (Å²) in [4.78, 5) is 0.269. The molecular formula is C50H84O7SSi2. The van der Waals surface area contributed by atoms with Crippen molar-refractivity contribution in [2.45, 2.75) is 216 Å². The maximum Gasteiger partial charge on any atom is 0.192 e. The van der Waals surface area contributed by atoms with E-state index in [0.717, 1.165) is 69.8 Å². The Hall–Kier alpha value is -1.38. The number of aliphatic hydroxyl groups is 1. The molecule has 3 aliphatic carbocycles. The van der Waals surface area contributed by atoms with Gasteiger partial charge in [0.15, 0.2) is 32.8 Å². The van der Waals surface area contributed by atoms with Crippen LogP contribution >= 0.6 is 0 Å². The predicted octanol–water partition coefficient (Wildman–Crippen LogP) is 12.7. The molecule has 1 aliphatic heterocycles. The molecule has 1 saturated heterocycles. The lowest BCUT2D eigenvalue weighted by Crippen LogP contribution is -2.49. The number of allylic oxidation sites excluding steroid dienone is 3. The van der Waals surface area contributed by atoms with Gasteiger partial charge in [0.1, 0.15) is 0 Å². The molecule has 4 aliphatic rings. The molecule has 7 nitrogen and oxygen atoms in total. The zero-order valence-electron chi connectivity index (χ0n) is 40.2. The van der Waals surface area contributed by atoms with Gasteiger partial charge in [-0.25, -0.2) is 8.42 Å². The highest BCUT2D eigenvalue weighted by molar-refractivity contribution is 7.92. The zero-order valence-corrected chi connectivity index (χ0v) is 43.0. The Balaban J connectivity index is 1.44. The van der Waals surface area contributed by atoms with Crippen molar-refractivity contribution < 1.29 is 31.9 Å². The van der Waals surface area contributed by atoms with Crippen LogP contribution in [-0.2, 0) is 28.2 Å². The van der Waals surface area contributed by atoms with E-state index in [0.29, 0.717) is 12.5 Å². The first-order valence-corrected chi connectivity index (χ1v) is 30.7. The molecule has 1 N–H and O–H groups in total. The van der Waals surface area contributed by atoms with Gasteiger partial charge in [-0.3, -0.25) is 0 Å². The van der Waals surface area contributed by atoms with Gasteiger partial charge < -0.3 is 23.4 Å². The number of hydrogen-bond acceptors (Lipinski definition) is 7. The maximum absolute atomic E-state index is 14.8. The molecule has 0 aromatic heterocycles. The number of ether oxygens (including phenoxy) is 2. The van der Waals surface area contributed by atoms with Crippen molar-refractivity contribution in [1.29, 1.82) is 0 Å². The summed E-state index contributed by atoms with van der Waals surface area (Å²) in [5.41, 5.74) is 2.91. The van der Waals surface area contributed by atoms with E-state index < -0.39 is 43.4 Å². The minimum Gasteiger partial charge on any atom is -0.413 e. The van der Waals surface area contributed by atoms with Gasteiger partial charge in [-0.05, 0) is 154 Å². The van der Waals surface area contributed by atoms with E-state index in [4.69, 9.17) is 24.9 Å². The largest absolute Gasteiger partial charge is 0.413 e. The number of benzene rings is 1. The second-order valence-electron chi connectivity index (χ2n) is 23.0. The Kier molecular flexibility index (Phi) is 15.4. The minimum atomic E-state index is -3.90. The van der Waals surface area contributed by atoms with Crippen LogP contribution in [0.5, 0.6) is 0 Å². The molecule has 3 unspecified atom stereocenters. The van der Waals surface area contributed by atoms with Crippen LogP contribution in [0.3, 0.4) is 0 Å². The van der Waals surface area contributed by atoms with E-state index in [1.165, 1.54) is 11.1 Å². The lowest BCUT2D eigenvalue weighted by Gasteiger charge is -2.46. The van der Waals surface area contributed by atoms with Gasteiger partial charge in [-0.1, -0.05) is 97.9 Å². The van der Waals surface area contributed by atoms with E-state index in [-0.39, 0.29) is 57.1 Å². The third-order valence-electron chi connectivity index (χ3n) is 16.0. The Labute approximate surface area is 368 Å². The quantitative estimate of drug-likeness (QED) is 0.186. The summed E-state index contributed by atoms with van der Waals surface area (Å²) >= 11 is 0. The van der Waals surface area contributed by atoms with Gasteiger partial charge in [-0.15, -0.1) is 0 Å². The molecule has 4 fully saturated rings. The SMILES string of the molecule is C=C1C(=CC=C2CCC[C@]3(C)[C@@H]([C@H](C)C(C(O)CC(C)(C)OC4CCCCO4)S(=O)(=O)c4ccccc4)CC[C@@H]23)C[C@@H](O[Si](C)(C)C(C)(C)C)C[C@@H]1O[Si](C)(C)C(C)(C)C. The molecule has 9 atom stereocenters. The molecule has 1 aromatic carbocycles. The smallest absolute Gasteiger partial charge is 0.192 e. The minimum absolute atomic E-state index is 0.0737. The Bertz CT molecular complexity index is 1800. The monoisotopic (exact) mass is 885 g/mol. The lowest BCUT2D eigenvalue weighted by molar-refractivity contribution is -0.221. The standard InChI is InChI=1S/C50H84O7SSi2/c1-35-38(32-39(56-59(12,13)47(3,4)5)33-44(35)57-60(14,15)48(6,7)8)27-26-37-22-21-30-50(11)41(28-29-42(37)50)36(2)46(58(52,53)40-23-17-16-18-24-40)43(51)34-49(9,10)55-45-25-19-20-31-54-45/h16-18,23-24,26-27,36,39,41-46,51H,1,19-22,25,28-34H2,2-15H3/t36-,39+,41+,42-,43?,44-,45?,46?,50+/m0/s1. The van der Waals surface area contributed by atoms with E-state index >= 15 is 0 Å². The highest BCUT2D eigenvalue weighted by Crippen LogP contribution is 2.60. The first-order chi connectivity index (χ1) is 27.6. The van der Waals surface area contributed by atoms with Crippen LogP contribution in [0.4, 0.5) is 0 Å². The van der Waals surface area contributed by atoms with Crippen molar-refractivity contribution in [3.05, 3.63) is 65.8 Å². The first kappa shape index (κ1) is 49.6. The van der Waals surface area contributed by atoms with Crippen molar-refractivity contribution in [3.63, 3.8) is 0 Å². The van der Waals surface area contributed by atoms with Crippen molar-refractivity contribution >= 4 is 26.5 Å². The number of hydrogen-bond donors (Lipinski definition) is 1. The third kappa shape index (κ3) is 11.1. The topological polar surface area (TPSA) is 91.3 Å². The van der Waals surface area contributed by atoms with Gasteiger partial charge in [-0.2, -0.15) is 0 Å². The van der Waals surface area contributed by atoms with Crippen LogP contribution in [0.2, 0.25) is 36.3 Å². The van der Waals surface area contributed by atoms with Gasteiger partial charge in [0, 0.05) is 19.4 Å². The lowest BCUT2D eigenvalue weighted by atomic mass is 9.60. The molecule has 3 saturated carbocycles. The van der Waals surface area contributed by atoms with Crippen LogP contribution < -0.4 is 0 Å². The Morgan fingerprint density at radius 3 is 2.15 bits per heavy atom. The molecular weight excluding hydrogens is 801 g/mol. The zero-order chi connectivity index (χ0) is 44.7. The third-order valence-corrected chi connectivity index (χ3v) is 27.4. The molecule has 5 rings (SSSR count). The average Bonchev–Trinajstić information content (AvgIpc) is 3.49. The van der Waals surface area contributed by atoms with Crippen molar-refractivity contribution in [2.75, 3.05) is 6.61 Å². The van der Waals surface area contributed by atoms with Crippen LogP contribution in [0.1, 0.15) is 140 Å². The van der Waals surface area contributed by atoms with E-state index in [1.807, 2.05) is 19.9 Å². The molecule has 0 radical (unpaired) electrons. The van der Waals surface area contributed by atoms with E-state index in [1.54, 1.807) is 24.3 Å². The molecule has 1 heterocycles. The summed E-state index contributed by atoms with van der Waals surface area (Å²) in [6, 6.07) is 8.75. The van der Waals surface area contributed by atoms with Crippen molar-refractivity contribution in [3.8, 4) is 0 Å². The van der Waals surface area contributed by atoms with E-state index in [2.05, 4.69) is 93.7 Å². The summed E-state index contributed by atoms with van der Waals surface area (Å²) < 4.78 is 56.1. The van der Waals surface area contributed by atoms with Gasteiger partial charge >= 0.3 is 0 Å². The highest BCUT2D eigenvalue weighted by Gasteiger charge is 2.55. The van der Waals surface area contributed by atoms with Gasteiger partial charge in [0.25, 0.3) is 0 Å². The Morgan fingerprint density at radius 2 is 1.55 bits per heavy atom. The summed E-state index contributed by atoms with van der Waals surface area (Å²) in [5, 5.41) is 11.4. The fourth-order valence-electron chi connectivity index (χ4n) is 10.6. The summed E-state index contributed by atoms with van der Waals surface area (Å²) in [5.74, 6) is 0.183. The summed E-state index contributed by atoms with van der Waals surface area (Å²) in [6.07, 6.45) is 13.1. The number of sulfone groups is 1. The molecule has 60 heavy (non-hydrogen) atoms.